The van der Waals surface area contributed by atoms with Crippen LogP contribution in [-0.2, 0) is 4.79 Å². The van der Waals surface area contributed by atoms with E-state index < -0.39 is 0 Å². The van der Waals surface area contributed by atoms with Crippen LogP contribution in [0, 0.1) is 0 Å². The Labute approximate surface area is 150 Å². The van der Waals surface area contributed by atoms with Gasteiger partial charge >= 0.3 is 0 Å². The van der Waals surface area contributed by atoms with E-state index in [1.165, 1.54) is 5.56 Å². The van der Waals surface area contributed by atoms with Gasteiger partial charge in [-0.1, -0.05) is 42.5 Å². The monoisotopic (exact) mass is 347 g/mol. The van der Waals surface area contributed by atoms with Gasteiger partial charge < -0.3 is 5.32 Å². The summed E-state index contributed by atoms with van der Waals surface area (Å²) in [5.41, 5.74) is 1.25. The van der Waals surface area contributed by atoms with Crippen LogP contribution in [0.3, 0.4) is 0 Å². The highest BCUT2D eigenvalue weighted by atomic mass is 32.2. The smallest absolute Gasteiger partial charge is 0.218 e. The van der Waals surface area contributed by atoms with E-state index >= 15 is 0 Å². The Hall–Kier alpha value is -1.30. The largest absolute Gasteiger partial charge is 0.341 e. The van der Waals surface area contributed by atoms with Crippen LogP contribution in [-0.4, -0.2) is 66.6 Å². The van der Waals surface area contributed by atoms with Crippen molar-refractivity contribution in [2.75, 3.05) is 44.7 Å². The topological polar surface area (TPSA) is 35.6 Å². The predicted octanol–water partition coefficient (Wildman–Crippen LogP) is 2.53. The Morgan fingerprint density at radius 3 is 2.58 bits per heavy atom. The van der Waals surface area contributed by atoms with Gasteiger partial charge in [0.25, 0.3) is 0 Å². The van der Waals surface area contributed by atoms with Gasteiger partial charge in [-0.25, -0.2) is 0 Å². The summed E-state index contributed by atoms with van der Waals surface area (Å²) in [5, 5.41) is 3.11. The van der Waals surface area contributed by atoms with E-state index in [0.717, 1.165) is 44.9 Å². The van der Waals surface area contributed by atoms with E-state index in [1.54, 1.807) is 6.92 Å². The standard InChI is InChI=1S/C19H29N3OS/c1-17(23)20-19(10-16-24-2)22-14-12-21(13-15-22)11-6-9-18-7-4-3-5-8-18/h3-9,19H,10-16H2,1-2H3,(H,20,23)/b9-6+. The quantitative estimate of drug-likeness (QED) is 0.784. The molecule has 2 rings (SSSR count). The Bertz CT molecular complexity index is 513. The fourth-order valence-electron chi connectivity index (χ4n) is 2.97. The van der Waals surface area contributed by atoms with Crippen molar-refractivity contribution in [3.05, 3.63) is 42.0 Å². The molecule has 1 aromatic carbocycles. The van der Waals surface area contributed by atoms with Gasteiger partial charge in [0.05, 0.1) is 6.17 Å². The first-order chi connectivity index (χ1) is 11.7. The highest BCUT2D eigenvalue weighted by Gasteiger charge is 2.23. The molecule has 1 heterocycles. The second kappa shape index (κ2) is 10.5. The second-order valence-corrected chi connectivity index (χ2v) is 7.13. The average molecular weight is 348 g/mol. The van der Waals surface area contributed by atoms with Crippen molar-refractivity contribution >= 4 is 23.7 Å². The Kier molecular flexibility index (Phi) is 8.36. The number of rotatable bonds is 8. The Balaban J connectivity index is 1.76. The molecule has 1 aliphatic rings. The van der Waals surface area contributed by atoms with Crippen LogP contribution in [0.15, 0.2) is 36.4 Å². The van der Waals surface area contributed by atoms with Crippen LogP contribution >= 0.6 is 11.8 Å². The molecule has 1 aromatic rings. The number of hydrogen-bond donors (Lipinski definition) is 1. The summed E-state index contributed by atoms with van der Waals surface area (Å²) in [6.07, 6.45) is 7.72. The third-order valence-electron chi connectivity index (χ3n) is 4.29. The second-order valence-electron chi connectivity index (χ2n) is 6.15. The van der Waals surface area contributed by atoms with Crippen LogP contribution in [0.1, 0.15) is 18.9 Å². The van der Waals surface area contributed by atoms with Crippen LogP contribution < -0.4 is 5.32 Å². The number of nitrogens with zero attached hydrogens (tertiary/aromatic N) is 2. The van der Waals surface area contributed by atoms with Crippen molar-refractivity contribution in [3.8, 4) is 0 Å². The minimum absolute atomic E-state index is 0.0642. The average Bonchev–Trinajstić information content (AvgIpc) is 2.60. The molecule has 4 nitrogen and oxygen atoms in total. The highest BCUT2D eigenvalue weighted by Crippen LogP contribution is 2.10. The summed E-state index contributed by atoms with van der Waals surface area (Å²) in [6, 6.07) is 10.4. The van der Waals surface area contributed by atoms with Crippen LogP contribution in [0.2, 0.25) is 0 Å². The molecular weight excluding hydrogens is 318 g/mol. The number of benzene rings is 1. The lowest BCUT2D eigenvalue weighted by Crippen LogP contribution is -2.55. The molecule has 1 fully saturated rings. The summed E-state index contributed by atoms with van der Waals surface area (Å²) < 4.78 is 0. The normalized spacial score (nSPS) is 17.9. The van der Waals surface area contributed by atoms with E-state index in [1.807, 2.05) is 17.8 Å². The number of hydrogen-bond acceptors (Lipinski definition) is 4. The minimum atomic E-state index is 0.0642. The molecule has 1 aliphatic heterocycles. The van der Waals surface area contributed by atoms with Crippen molar-refractivity contribution < 1.29 is 4.79 Å². The molecule has 0 radical (unpaired) electrons. The zero-order chi connectivity index (χ0) is 17.2. The molecule has 1 unspecified atom stereocenters. The van der Waals surface area contributed by atoms with Gasteiger partial charge in [0.2, 0.25) is 5.91 Å². The van der Waals surface area contributed by atoms with Crippen molar-refractivity contribution in [2.45, 2.75) is 19.5 Å². The number of amides is 1. The number of piperazine rings is 1. The molecule has 0 aromatic heterocycles. The minimum Gasteiger partial charge on any atom is -0.341 e. The maximum atomic E-state index is 11.4. The molecule has 0 spiro atoms. The van der Waals surface area contributed by atoms with Crippen molar-refractivity contribution in [1.82, 2.24) is 15.1 Å². The summed E-state index contributed by atoms with van der Waals surface area (Å²) in [6.45, 7) is 6.72. The molecule has 132 valence electrons. The van der Waals surface area contributed by atoms with Crippen molar-refractivity contribution in [1.29, 1.82) is 0 Å². The molecule has 1 saturated heterocycles. The zero-order valence-corrected chi connectivity index (χ0v) is 15.6. The predicted molar refractivity (Wildman–Crippen MR) is 104 cm³/mol. The molecule has 1 atom stereocenters. The van der Waals surface area contributed by atoms with Gasteiger partial charge in [0, 0.05) is 39.6 Å². The fraction of sp³-hybridized carbons (Fsp3) is 0.526. The van der Waals surface area contributed by atoms with Crippen LogP contribution in [0.25, 0.3) is 6.08 Å². The van der Waals surface area contributed by atoms with E-state index in [4.69, 9.17) is 0 Å². The maximum Gasteiger partial charge on any atom is 0.218 e. The maximum absolute atomic E-state index is 11.4. The number of thioether (sulfide) groups is 1. The Morgan fingerprint density at radius 1 is 1.25 bits per heavy atom. The molecule has 0 bridgehead atoms. The molecule has 5 heteroatoms. The third kappa shape index (κ3) is 6.67. The van der Waals surface area contributed by atoms with E-state index in [2.05, 4.69) is 57.8 Å². The molecule has 1 amide bonds. The third-order valence-corrected chi connectivity index (χ3v) is 4.93. The van der Waals surface area contributed by atoms with Crippen molar-refractivity contribution in [3.63, 3.8) is 0 Å². The summed E-state index contributed by atoms with van der Waals surface area (Å²) in [5.74, 6) is 1.14. The lowest BCUT2D eigenvalue weighted by atomic mass is 10.2. The number of carbonyl (C=O) groups is 1. The van der Waals surface area contributed by atoms with Gasteiger partial charge in [0.1, 0.15) is 0 Å². The summed E-state index contributed by atoms with van der Waals surface area (Å²) >= 11 is 1.83. The van der Waals surface area contributed by atoms with Gasteiger partial charge in [-0.2, -0.15) is 11.8 Å². The molecule has 24 heavy (non-hydrogen) atoms. The zero-order valence-electron chi connectivity index (χ0n) is 14.8. The van der Waals surface area contributed by atoms with Gasteiger partial charge in [-0.15, -0.1) is 0 Å². The molecule has 1 N–H and O–H groups in total. The number of carbonyl (C=O) groups excluding carboxylic acids is 1. The summed E-state index contributed by atoms with van der Waals surface area (Å²) in [7, 11) is 0. The van der Waals surface area contributed by atoms with E-state index in [9.17, 15) is 4.79 Å². The first-order valence-electron chi connectivity index (χ1n) is 8.63. The summed E-state index contributed by atoms with van der Waals surface area (Å²) in [4.78, 5) is 16.3. The van der Waals surface area contributed by atoms with E-state index in [-0.39, 0.29) is 12.1 Å². The first-order valence-corrected chi connectivity index (χ1v) is 10.0. The van der Waals surface area contributed by atoms with E-state index in [0.29, 0.717) is 0 Å². The van der Waals surface area contributed by atoms with Gasteiger partial charge in [-0.05, 0) is 24.0 Å². The lowest BCUT2D eigenvalue weighted by molar-refractivity contribution is -0.121. The highest BCUT2D eigenvalue weighted by molar-refractivity contribution is 7.98. The van der Waals surface area contributed by atoms with Gasteiger partial charge in [-0.3, -0.25) is 14.6 Å². The lowest BCUT2D eigenvalue weighted by Gasteiger charge is -2.39. The van der Waals surface area contributed by atoms with Crippen LogP contribution in [0.4, 0.5) is 0 Å². The SMILES string of the molecule is CSCCC(NC(C)=O)N1CCN(C/C=C/c2ccccc2)CC1. The molecular formula is C19H29N3OS. The molecule has 0 saturated carbocycles. The first kappa shape index (κ1) is 19.0. The van der Waals surface area contributed by atoms with Crippen molar-refractivity contribution in [2.24, 2.45) is 0 Å². The fourth-order valence-corrected chi connectivity index (χ4v) is 3.43. The van der Waals surface area contributed by atoms with Gasteiger partial charge in [0.15, 0.2) is 0 Å². The number of nitrogens with one attached hydrogen (secondary N) is 1. The Morgan fingerprint density at radius 2 is 1.96 bits per heavy atom. The molecule has 0 aliphatic carbocycles. The van der Waals surface area contributed by atoms with Crippen LogP contribution in [0.5, 0.6) is 0 Å².